The van der Waals surface area contributed by atoms with Gasteiger partial charge in [-0.3, -0.25) is 0 Å². The van der Waals surface area contributed by atoms with E-state index in [2.05, 4.69) is 52.2 Å². The van der Waals surface area contributed by atoms with Crippen molar-refractivity contribution in [2.75, 3.05) is 45.2 Å². The summed E-state index contributed by atoms with van der Waals surface area (Å²) in [4.78, 5) is 9.55. The van der Waals surface area contributed by atoms with Gasteiger partial charge in [0.15, 0.2) is 0 Å². The average molecular weight is 420 g/mol. The molecule has 3 aromatic carbocycles. The minimum absolute atomic E-state index is 0.462. The first-order valence-corrected chi connectivity index (χ1v) is 11.0. The summed E-state index contributed by atoms with van der Waals surface area (Å²) >= 11 is 1.65. The number of fused-ring (bicyclic) bond motifs is 2. The summed E-state index contributed by atoms with van der Waals surface area (Å²) in [5, 5.41) is 3.45. The highest BCUT2D eigenvalue weighted by molar-refractivity contribution is 7.18. The van der Waals surface area contributed by atoms with Crippen molar-refractivity contribution in [1.29, 1.82) is 0 Å². The van der Waals surface area contributed by atoms with Crippen molar-refractivity contribution in [2.45, 2.75) is 6.61 Å². The number of hydrogen-bond donors (Lipinski definition) is 0. The fourth-order valence-electron chi connectivity index (χ4n) is 3.93. The molecule has 0 N–H and O–H groups in total. The van der Waals surface area contributed by atoms with E-state index in [1.165, 1.54) is 16.5 Å². The summed E-state index contributed by atoms with van der Waals surface area (Å²) in [6, 6.07) is 18.8. The number of aromatic nitrogens is 1. The standard InChI is InChI=1S/C24H25N3O2S/c1-26-10-12-27(13-11-26)22-5-3-4-17-6-7-19(14-20(17)22)29-16-24-25-21-9-8-18(28-2)15-23(21)30-24/h3-9,14-15H,10-13,16H2,1-2H3. The molecule has 154 valence electrons. The van der Waals surface area contributed by atoms with E-state index in [1.807, 2.05) is 24.3 Å². The molecular formula is C24H25N3O2S. The molecule has 0 amide bonds. The molecule has 0 atom stereocenters. The third kappa shape index (κ3) is 3.80. The second kappa shape index (κ2) is 8.13. The van der Waals surface area contributed by atoms with Crippen LogP contribution in [0.1, 0.15) is 5.01 Å². The van der Waals surface area contributed by atoms with Gasteiger partial charge in [-0.2, -0.15) is 0 Å². The molecule has 0 unspecified atom stereocenters. The van der Waals surface area contributed by atoms with Crippen molar-refractivity contribution in [1.82, 2.24) is 9.88 Å². The van der Waals surface area contributed by atoms with Gasteiger partial charge < -0.3 is 19.3 Å². The van der Waals surface area contributed by atoms with Crippen LogP contribution < -0.4 is 14.4 Å². The first-order valence-electron chi connectivity index (χ1n) is 10.2. The van der Waals surface area contributed by atoms with Crippen LogP contribution in [0.15, 0.2) is 54.6 Å². The van der Waals surface area contributed by atoms with Gasteiger partial charge in [-0.05, 0) is 48.8 Å². The molecule has 0 saturated carbocycles. The van der Waals surface area contributed by atoms with Crippen LogP contribution in [0.25, 0.3) is 21.0 Å². The van der Waals surface area contributed by atoms with Crippen LogP contribution in [0.4, 0.5) is 5.69 Å². The molecule has 6 heteroatoms. The van der Waals surface area contributed by atoms with Crippen molar-refractivity contribution < 1.29 is 9.47 Å². The van der Waals surface area contributed by atoms with Gasteiger partial charge in [0.25, 0.3) is 0 Å². The molecule has 1 aliphatic heterocycles. The van der Waals surface area contributed by atoms with E-state index in [4.69, 9.17) is 9.47 Å². The Hall–Kier alpha value is -2.83. The molecule has 30 heavy (non-hydrogen) atoms. The number of anilines is 1. The Morgan fingerprint density at radius 1 is 0.967 bits per heavy atom. The lowest BCUT2D eigenvalue weighted by Crippen LogP contribution is -2.44. The maximum Gasteiger partial charge on any atom is 0.140 e. The number of nitrogens with zero attached hydrogens (tertiary/aromatic N) is 3. The summed E-state index contributed by atoms with van der Waals surface area (Å²) in [6.45, 7) is 4.75. The third-order valence-corrected chi connectivity index (χ3v) is 6.67. The Morgan fingerprint density at radius 3 is 2.63 bits per heavy atom. The van der Waals surface area contributed by atoms with E-state index in [1.54, 1.807) is 18.4 Å². The second-order valence-electron chi connectivity index (χ2n) is 7.68. The SMILES string of the molecule is COc1ccc2nc(COc3ccc4cccc(N5CCN(C)CC5)c4c3)sc2c1. The monoisotopic (exact) mass is 419 g/mol. The lowest BCUT2D eigenvalue weighted by Gasteiger charge is -2.34. The first kappa shape index (κ1) is 19.2. The quantitative estimate of drug-likeness (QED) is 0.465. The van der Waals surface area contributed by atoms with E-state index in [0.717, 1.165) is 52.9 Å². The van der Waals surface area contributed by atoms with E-state index < -0.39 is 0 Å². The zero-order chi connectivity index (χ0) is 20.5. The van der Waals surface area contributed by atoms with Gasteiger partial charge in [-0.1, -0.05) is 18.2 Å². The van der Waals surface area contributed by atoms with Gasteiger partial charge in [-0.15, -0.1) is 11.3 Å². The lowest BCUT2D eigenvalue weighted by atomic mass is 10.1. The van der Waals surface area contributed by atoms with Crippen LogP contribution >= 0.6 is 11.3 Å². The fraction of sp³-hybridized carbons (Fsp3) is 0.292. The fourth-order valence-corrected chi connectivity index (χ4v) is 4.84. The molecule has 1 saturated heterocycles. The smallest absolute Gasteiger partial charge is 0.140 e. The highest BCUT2D eigenvalue weighted by Crippen LogP contribution is 2.32. The largest absolute Gasteiger partial charge is 0.497 e. The second-order valence-corrected chi connectivity index (χ2v) is 8.80. The highest BCUT2D eigenvalue weighted by atomic mass is 32.1. The Kier molecular flexibility index (Phi) is 5.19. The summed E-state index contributed by atoms with van der Waals surface area (Å²) in [5.41, 5.74) is 2.27. The molecule has 1 aliphatic rings. The van der Waals surface area contributed by atoms with Crippen LogP contribution in [-0.2, 0) is 6.61 Å². The van der Waals surface area contributed by atoms with Gasteiger partial charge in [0.2, 0.25) is 0 Å². The predicted octanol–water partition coefficient (Wildman–Crippen LogP) is 4.79. The molecule has 2 heterocycles. The Bertz CT molecular complexity index is 1180. The van der Waals surface area contributed by atoms with E-state index in [9.17, 15) is 0 Å². The average Bonchev–Trinajstić information content (AvgIpc) is 3.20. The van der Waals surface area contributed by atoms with Crippen molar-refractivity contribution in [3.8, 4) is 11.5 Å². The van der Waals surface area contributed by atoms with Crippen molar-refractivity contribution in [2.24, 2.45) is 0 Å². The van der Waals surface area contributed by atoms with Crippen molar-refractivity contribution in [3.63, 3.8) is 0 Å². The normalized spacial score (nSPS) is 15.1. The van der Waals surface area contributed by atoms with Crippen LogP contribution in [0.5, 0.6) is 11.5 Å². The highest BCUT2D eigenvalue weighted by Gasteiger charge is 2.16. The Labute approximate surface area is 180 Å². The zero-order valence-electron chi connectivity index (χ0n) is 17.3. The molecule has 5 nitrogen and oxygen atoms in total. The Balaban J connectivity index is 1.37. The van der Waals surface area contributed by atoms with Gasteiger partial charge in [-0.25, -0.2) is 4.98 Å². The van der Waals surface area contributed by atoms with Gasteiger partial charge in [0.1, 0.15) is 23.1 Å². The van der Waals surface area contributed by atoms with E-state index >= 15 is 0 Å². The van der Waals surface area contributed by atoms with Gasteiger partial charge >= 0.3 is 0 Å². The molecule has 0 aliphatic carbocycles. The predicted molar refractivity (Wildman–Crippen MR) is 124 cm³/mol. The van der Waals surface area contributed by atoms with Gasteiger partial charge in [0, 0.05) is 37.3 Å². The number of methoxy groups -OCH3 is 1. The van der Waals surface area contributed by atoms with Crippen molar-refractivity contribution in [3.05, 3.63) is 59.6 Å². The topological polar surface area (TPSA) is 37.8 Å². The maximum absolute atomic E-state index is 6.14. The first-order chi connectivity index (χ1) is 14.7. The molecule has 1 fully saturated rings. The molecular weight excluding hydrogens is 394 g/mol. The number of likely N-dealkylation sites (N-methyl/N-ethyl adjacent to an activating group) is 1. The van der Waals surface area contributed by atoms with E-state index in [-0.39, 0.29) is 0 Å². The Morgan fingerprint density at radius 2 is 1.80 bits per heavy atom. The van der Waals surface area contributed by atoms with Crippen LogP contribution in [0.2, 0.25) is 0 Å². The van der Waals surface area contributed by atoms with Crippen LogP contribution in [0, 0.1) is 0 Å². The number of piperazine rings is 1. The number of thiazole rings is 1. The van der Waals surface area contributed by atoms with Crippen LogP contribution in [0.3, 0.4) is 0 Å². The summed E-state index contributed by atoms with van der Waals surface area (Å²) in [6.07, 6.45) is 0. The molecule has 1 aromatic heterocycles. The van der Waals surface area contributed by atoms with Crippen LogP contribution in [-0.4, -0.2) is 50.2 Å². The van der Waals surface area contributed by atoms with Crippen molar-refractivity contribution >= 4 is 38.0 Å². The van der Waals surface area contributed by atoms with Gasteiger partial charge in [0.05, 0.1) is 17.3 Å². The maximum atomic E-state index is 6.14. The summed E-state index contributed by atoms with van der Waals surface area (Å²) in [5.74, 6) is 1.73. The molecule has 0 bridgehead atoms. The summed E-state index contributed by atoms with van der Waals surface area (Å²) in [7, 11) is 3.87. The number of hydrogen-bond acceptors (Lipinski definition) is 6. The molecule has 5 rings (SSSR count). The minimum atomic E-state index is 0.462. The minimum Gasteiger partial charge on any atom is -0.497 e. The number of rotatable bonds is 5. The number of benzene rings is 3. The summed E-state index contributed by atoms with van der Waals surface area (Å²) < 4.78 is 12.6. The zero-order valence-corrected chi connectivity index (χ0v) is 18.1. The third-order valence-electron chi connectivity index (χ3n) is 5.68. The van der Waals surface area contributed by atoms with E-state index in [0.29, 0.717) is 6.61 Å². The molecule has 0 radical (unpaired) electrons. The lowest BCUT2D eigenvalue weighted by molar-refractivity contribution is 0.306. The molecule has 4 aromatic rings. The molecule has 0 spiro atoms. The number of ether oxygens (including phenoxy) is 2.